The van der Waals surface area contributed by atoms with E-state index in [4.69, 9.17) is 9.52 Å². The molecular weight excluding hydrogens is 230 g/mol. The molecule has 18 heavy (non-hydrogen) atoms. The second-order valence-electron chi connectivity index (χ2n) is 5.10. The summed E-state index contributed by atoms with van der Waals surface area (Å²) in [6.45, 7) is 4.23. The minimum atomic E-state index is -0.679. The molecular formula is C14H21NO3. The summed E-state index contributed by atoms with van der Waals surface area (Å²) in [5.41, 5.74) is 0. The van der Waals surface area contributed by atoms with Gasteiger partial charge in [0.1, 0.15) is 5.76 Å². The normalized spacial score (nSPS) is 19.8. The third-order valence-electron chi connectivity index (χ3n) is 3.92. The van der Waals surface area contributed by atoms with Gasteiger partial charge in [-0.2, -0.15) is 0 Å². The Morgan fingerprint density at radius 2 is 2.28 bits per heavy atom. The van der Waals surface area contributed by atoms with Gasteiger partial charge in [-0.25, -0.2) is 0 Å². The molecule has 1 unspecified atom stereocenters. The average molecular weight is 251 g/mol. The first-order valence-electron chi connectivity index (χ1n) is 6.66. The van der Waals surface area contributed by atoms with Gasteiger partial charge >= 0.3 is 5.97 Å². The van der Waals surface area contributed by atoms with Gasteiger partial charge in [0, 0.05) is 6.42 Å². The molecule has 0 spiro atoms. The fraction of sp³-hybridized carbons (Fsp3) is 0.643. The van der Waals surface area contributed by atoms with E-state index < -0.39 is 5.97 Å². The lowest BCUT2D eigenvalue weighted by molar-refractivity contribution is -0.137. The summed E-state index contributed by atoms with van der Waals surface area (Å²) in [7, 11) is 0. The largest absolute Gasteiger partial charge is 0.481 e. The van der Waals surface area contributed by atoms with Gasteiger partial charge in [-0.1, -0.05) is 0 Å². The highest BCUT2D eigenvalue weighted by Crippen LogP contribution is 2.28. The van der Waals surface area contributed by atoms with Crippen molar-refractivity contribution in [3.05, 3.63) is 24.2 Å². The van der Waals surface area contributed by atoms with Crippen LogP contribution < -0.4 is 0 Å². The average Bonchev–Trinajstić information content (AvgIpc) is 2.90. The van der Waals surface area contributed by atoms with Crippen molar-refractivity contribution in [1.29, 1.82) is 0 Å². The summed E-state index contributed by atoms with van der Waals surface area (Å²) in [6, 6.07) is 4.26. The van der Waals surface area contributed by atoms with Gasteiger partial charge < -0.3 is 9.52 Å². The number of rotatable bonds is 5. The van der Waals surface area contributed by atoms with E-state index in [2.05, 4.69) is 11.8 Å². The second-order valence-corrected chi connectivity index (χ2v) is 5.10. The van der Waals surface area contributed by atoms with Crippen molar-refractivity contribution >= 4 is 5.97 Å². The summed E-state index contributed by atoms with van der Waals surface area (Å²) in [4.78, 5) is 13.0. The van der Waals surface area contributed by atoms with E-state index in [-0.39, 0.29) is 0 Å². The number of piperidine rings is 1. The minimum Gasteiger partial charge on any atom is -0.481 e. The second kappa shape index (κ2) is 6.05. The topological polar surface area (TPSA) is 53.7 Å². The van der Waals surface area contributed by atoms with Gasteiger partial charge in [-0.15, -0.1) is 0 Å². The first-order chi connectivity index (χ1) is 8.66. The molecule has 1 aromatic heterocycles. The van der Waals surface area contributed by atoms with Crippen molar-refractivity contribution in [3.8, 4) is 0 Å². The third kappa shape index (κ3) is 3.35. The standard InChI is InChI=1S/C14H21NO3/c1-11(13-3-2-10-18-13)15-8-6-12(7-9-15)4-5-14(16)17/h2-3,10-12H,4-9H2,1H3,(H,16,17). The van der Waals surface area contributed by atoms with E-state index in [9.17, 15) is 4.79 Å². The molecule has 1 aliphatic rings. The number of carboxylic acid groups (broad SMARTS) is 1. The zero-order valence-corrected chi connectivity index (χ0v) is 10.8. The van der Waals surface area contributed by atoms with Crippen LogP contribution in [-0.4, -0.2) is 29.1 Å². The van der Waals surface area contributed by atoms with Crippen LogP contribution in [0.15, 0.2) is 22.8 Å². The molecule has 0 aromatic carbocycles. The zero-order valence-electron chi connectivity index (χ0n) is 10.8. The Balaban J connectivity index is 1.78. The highest BCUT2D eigenvalue weighted by atomic mass is 16.4. The maximum absolute atomic E-state index is 10.5. The maximum Gasteiger partial charge on any atom is 0.303 e. The summed E-state index contributed by atoms with van der Waals surface area (Å²) >= 11 is 0. The molecule has 1 saturated heterocycles. The molecule has 100 valence electrons. The lowest BCUT2D eigenvalue weighted by atomic mass is 9.91. The van der Waals surface area contributed by atoms with Crippen LogP contribution in [0.25, 0.3) is 0 Å². The van der Waals surface area contributed by atoms with Gasteiger partial charge in [0.05, 0.1) is 12.3 Å². The van der Waals surface area contributed by atoms with Crippen molar-refractivity contribution in [1.82, 2.24) is 4.90 Å². The molecule has 1 N–H and O–H groups in total. The number of likely N-dealkylation sites (tertiary alicyclic amines) is 1. The van der Waals surface area contributed by atoms with E-state index in [1.54, 1.807) is 6.26 Å². The molecule has 0 aliphatic carbocycles. The zero-order chi connectivity index (χ0) is 13.0. The summed E-state index contributed by atoms with van der Waals surface area (Å²) in [5, 5.41) is 8.69. The lowest BCUT2D eigenvalue weighted by Gasteiger charge is -2.35. The predicted molar refractivity (Wildman–Crippen MR) is 68.3 cm³/mol. The number of hydrogen-bond acceptors (Lipinski definition) is 3. The third-order valence-corrected chi connectivity index (χ3v) is 3.92. The lowest BCUT2D eigenvalue weighted by Crippen LogP contribution is -2.35. The van der Waals surface area contributed by atoms with Crippen LogP contribution in [0.1, 0.15) is 44.4 Å². The summed E-state index contributed by atoms with van der Waals surface area (Å²) in [5.74, 6) is 0.904. The first kappa shape index (κ1) is 13.1. The molecule has 2 heterocycles. The molecule has 0 radical (unpaired) electrons. The molecule has 2 rings (SSSR count). The first-order valence-corrected chi connectivity index (χ1v) is 6.66. The highest BCUT2D eigenvalue weighted by Gasteiger charge is 2.24. The van der Waals surface area contributed by atoms with Gasteiger partial charge in [0.2, 0.25) is 0 Å². The number of aliphatic carboxylic acids is 1. The van der Waals surface area contributed by atoms with E-state index >= 15 is 0 Å². The van der Waals surface area contributed by atoms with Crippen LogP contribution in [0.2, 0.25) is 0 Å². The molecule has 4 heteroatoms. The van der Waals surface area contributed by atoms with Crippen LogP contribution in [0.3, 0.4) is 0 Å². The van der Waals surface area contributed by atoms with Crippen molar-refractivity contribution in [2.75, 3.05) is 13.1 Å². The van der Waals surface area contributed by atoms with Crippen LogP contribution in [-0.2, 0) is 4.79 Å². The quantitative estimate of drug-likeness (QED) is 0.874. The molecule has 4 nitrogen and oxygen atoms in total. The summed E-state index contributed by atoms with van der Waals surface area (Å²) < 4.78 is 5.43. The minimum absolute atomic E-state index is 0.304. The van der Waals surface area contributed by atoms with Crippen LogP contribution in [0, 0.1) is 5.92 Å². The van der Waals surface area contributed by atoms with Crippen molar-refractivity contribution in [3.63, 3.8) is 0 Å². The van der Waals surface area contributed by atoms with Crippen molar-refractivity contribution in [2.45, 2.75) is 38.6 Å². The Morgan fingerprint density at radius 1 is 1.56 bits per heavy atom. The number of furan rings is 1. The Kier molecular flexibility index (Phi) is 4.42. The maximum atomic E-state index is 10.5. The van der Waals surface area contributed by atoms with Crippen LogP contribution in [0.5, 0.6) is 0 Å². The van der Waals surface area contributed by atoms with Gasteiger partial charge in [0.15, 0.2) is 0 Å². The SMILES string of the molecule is CC(c1ccco1)N1CCC(CCC(=O)O)CC1. The highest BCUT2D eigenvalue weighted by molar-refractivity contribution is 5.66. The summed E-state index contributed by atoms with van der Waals surface area (Å²) in [6.07, 6.45) is 5.03. The number of carboxylic acids is 1. The number of carbonyl (C=O) groups is 1. The Bertz CT molecular complexity index is 366. The Hall–Kier alpha value is -1.29. The Labute approximate surface area is 108 Å². The smallest absolute Gasteiger partial charge is 0.303 e. The number of hydrogen-bond donors (Lipinski definition) is 1. The van der Waals surface area contributed by atoms with E-state index in [0.717, 1.165) is 38.1 Å². The monoisotopic (exact) mass is 251 g/mol. The van der Waals surface area contributed by atoms with Crippen LogP contribution in [0.4, 0.5) is 0 Å². The van der Waals surface area contributed by atoms with Crippen molar-refractivity contribution < 1.29 is 14.3 Å². The fourth-order valence-electron chi connectivity index (χ4n) is 2.67. The van der Waals surface area contributed by atoms with Gasteiger partial charge in [0.25, 0.3) is 0 Å². The molecule has 0 bridgehead atoms. The van der Waals surface area contributed by atoms with Gasteiger partial charge in [-0.3, -0.25) is 9.69 Å². The molecule has 1 aromatic rings. The molecule has 1 aliphatic heterocycles. The Morgan fingerprint density at radius 3 is 2.83 bits per heavy atom. The van der Waals surface area contributed by atoms with Crippen LogP contribution >= 0.6 is 0 Å². The molecule has 0 saturated carbocycles. The van der Waals surface area contributed by atoms with E-state index in [1.807, 2.05) is 12.1 Å². The van der Waals surface area contributed by atoms with Crippen molar-refractivity contribution in [2.24, 2.45) is 5.92 Å². The van der Waals surface area contributed by atoms with Gasteiger partial charge in [-0.05, 0) is 57.3 Å². The predicted octanol–water partition coefficient (Wildman–Crippen LogP) is 2.92. The van der Waals surface area contributed by atoms with E-state index in [0.29, 0.717) is 18.4 Å². The fourth-order valence-corrected chi connectivity index (χ4v) is 2.67. The molecule has 0 amide bonds. The molecule has 1 atom stereocenters. The van der Waals surface area contributed by atoms with E-state index in [1.165, 1.54) is 0 Å². The molecule has 1 fully saturated rings. The number of nitrogens with zero attached hydrogens (tertiary/aromatic N) is 1.